The van der Waals surface area contributed by atoms with Crippen LogP contribution in [0.5, 0.6) is 0 Å². The van der Waals surface area contributed by atoms with E-state index in [4.69, 9.17) is 15.2 Å². The van der Waals surface area contributed by atoms with Gasteiger partial charge < -0.3 is 36.8 Å². The van der Waals surface area contributed by atoms with Gasteiger partial charge in [0.25, 0.3) is 0 Å². The summed E-state index contributed by atoms with van der Waals surface area (Å²) in [5.74, 6) is -0.253. The van der Waals surface area contributed by atoms with Crippen molar-refractivity contribution < 1.29 is 35.9 Å². The van der Waals surface area contributed by atoms with Gasteiger partial charge in [-0.1, -0.05) is 0 Å². The Labute approximate surface area is 134 Å². The van der Waals surface area contributed by atoms with Gasteiger partial charge in [0, 0.05) is 6.54 Å². The van der Waals surface area contributed by atoms with Crippen LogP contribution >= 0.6 is 12.4 Å². The highest BCUT2D eigenvalue weighted by Gasteiger charge is 2.12. The van der Waals surface area contributed by atoms with Gasteiger partial charge in [0.2, 0.25) is 0 Å². The van der Waals surface area contributed by atoms with E-state index in [1.807, 2.05) is 0 Å². The Hall–Kier alpha value is -0.110. The van der Waals surface area contributed by atoms with Crippen LogP contribution in [0, 0.1) is 0 Å². The van der Waals surface area contributed by atoms with Crippen molar-refractivity contribution in [1.82, 2.24) is 0 Å². The van der Waals surface area contributed by atoms with E-state index in [0.717, 1.165) is 17.6 Å². The first-order valence-corrected chi connectivity index (χ1v) is 6.26. The summed E-state index contributed by atoms with van der Waals surface area (Å²) in [4.78, 5) is 10.8. The molecule has 0 bridgehead atoms. The highest BCUT2D eigenvalue weighted by Crippen LogP contribution is 1.95. The number of nitrogens with zero attached hydrogens (tertiary/aromatic N) is 1. The molecule has 0 amide bonds. The first kappa shape index (κ1) is 24.9. The van der Waals surface area contributed by atoms with Crippen molar-refractivity contribution in [2.75, 3.05) is 67.3 Å². The number of halogens is 2. The Morgan fingerprint density at radius 2 is 1.60 bits per heavy atom. The molecule has 0 radical (unpaired) electrons. The molecule has 20 heavy (non-hydrogen) atoms. The summed E-state index contributed by atoms with van der Waals surface area (Å²) in [6.45, 7) is 4.67. The van der Waals surface area contributed by atoms with Crippen molar-refractivity contribution >= 4 is 18.4 Å². The van der Waals surface area contributed by atoms with Crippen molar-refractivity contribution in [1.29, 1.82) is 0 Å². The normalized spacial score (nSPS) is 10.4. The van der Waals surface area contributed by atoms with E-state index < -0.39 is 0 Å². The van der Waals surface area contributed by atoms with E-state index in [-0.39, 0.29) is 37.2 Å². The Morgan fingerprint density at radius 1 is 1.05 bits per heavy atom. The van der Waals surface area contributed by atoms with Crippen LogP contribution < -0.4 is 18.1 Å². The number of nitrogens with two attached hydrogens (primary N) is 1. The molecule has 0 saturated heterocycles. The Morgan fingerprint density at radius 3 is 2.10 bits per heavy atom. The van der Waals surface area contributed by atoms with Gasteiger partial charge in [0.1, 0.15) is 6.54 Å². The van der Waals surface area contributed by atoms with E-state index in [1.165, 1.54) is 7.11 Å². The maximum atomic E-state index is 10.8. The van der Waals surface area contributed by atoms with E-state index in [9.17, 15) is 4.79 Å². The number of ether oxygens (including phenoxy) is 3. The Bertz CT molecular complexity index is 232. The van der Waals surface area contributed by atoms with Gasteiger partial charge in [0.05, 0.1) is 60.6 Å². The molecule has 0 fully saturated rings. The van der Waals surface area contributed by atoms with Gasteiger partial charge >= 0.3 is 5.97 Å². The molecule has 0 aliphatic heterocycles. The van der Waals surface area contributed by atoms with Crippen LogP contribution in [-0.4, -0.2) is 77.7 Å². The van der Waals surface area contributed by atoms with E-state index in [2.05, 4.69) is 18.8 Å². The summed E-state index contributed by atoms with van der Waals surface area (Å²) in [6.07, 6.45) is 0.289. The van der Waals surface area contributed by atoms with Crippen LogP contribution in [-0.2, 0) is 19.0 Å². The molecule has 0 aromatic carbocycles. The van der Waals surface area contributed by atoms with Crippen molar-refractivity contribution in [2.24, 2.45) is 5.73 Å². The first-order chi connectivity index (χ1) is 8.52. The van der Waals surface area contributed by atoms with Crippen molar-refractivity contribution in [3.05, 3.63) is 0 Å². The van der Waals surface area contributed by atoms with E-state index in [0.29, 0.717) is 33.0 Å². The lowest BCUT2D eigenvalue weighted by Gasteiger charge is -2.28. The molecule has 8 heteroatoms. The molecule has 0 heterocycles. The Kier molecular flexibility index (Phi) is 19.0. The number of esters is 1. The number of likely N-dealkylation sites (N-methyl/N-ethyl adjacent to an activating group) is 1. The monoisotopic (exact) mass is 334 g/mol. The predicted molar refractivity (Wildman–Crippen MR) is 76.4 cm³/mol. The molecule has 0 rings (SSSR count). The molecule has 0 unspecified atom stereocenters. The smallest absolute Gasteiger partial charge is 0.307 e. The fraction of sp³-hybridized carbons (Fsp3) is 0.917. The molecule has 0 spiro atoms. The van der Waals surface area contributed by atoms with Crippen LogP contribution in [0.4, 0.5) is 0 Å². The lowest BCUT2D eigenvalue weighted by atomic mass is 10.4. The zero-order valence-corrected chi connectivity index (χ0v) is 14.2. The van der Waals surface area contributed by atoms with Crippen LogP contribution in [0.25, 0.3) is 0 Å². The van der Waals surface area contributed by atoms with Gasteiger partial charge in [0.15, 0.2) is 0 Å². The van der Waals surface area contributed by atoms with Crippen LogP contribution in [0.2, 0.25) is 0 Å². The maximum absolute atomic E-state index is 10.8. The van der Waals surface area contributed by atoms with Gasteiger partial charge in [-0.05, 0) is 0 Å². The first-order valence-electron chi connectivity index (χ1n) is 6.26. The Balaban J connectivity index is -0.00000144. The fourth-order valence-electron chi connectivity index (χ4n) is 1.35. The second kappa shape index (κ2) is 15.3. The molecule has 124 valence electrons. The molecule has 0 aromatic rings. The number of methoxy groups -OCH3 is 1. The third-order valence-corrected chi connectivity index (χ3v) is 2.63. The standard InChI is InChI=1S/C12H27N2O4.2ClH/c1-14(2,6-5-13)7-9-18-11-10-17-8-4-12(15)16-3;;/h4-11,13H2,1-3H3;2*1H/q+1;;/p-1. The number of hydrogen-bond acceptors (Lipinski definition) is 5. The molecule has 0 aliphatic carbocycles. The number of carbonyl (C=O) groups excluding carboxylic acids is 1. The highest BCUT2D eigenvalue weighted by atomic mass is 35.5. The van der Waals surface area contributed by atoms with Gasteiger partial charge in [-0.3, -0.25) is 4.79 Å². The molecule has 0 atom stereocenters. The second-order valence-electron chi connectivity index (χ2n) is 4.72. The van der Waals surface area contributed by atoms with Crippen molar-refractivity contribution in [3.8, 4) is 0 Å². The minimum absolute atomic E-state index is 0. The lowest BCUT2D eigenvalue weighted by molar-refractivity contribution is -0.889. The van der Waals surface area contributed by atoms with Crippen LogP contribution in [0.1, 0.15) is 6.42 Å². The zero-order valence-electron chi connectivity index (χ0n) is 12.6. The average molecular weight is 335 g/mol. The molecule has 0 saturated carbocycles. The summed E-state index contributed by atoms with van der Waals surface area (Å²) >= 11 is 0. The number of carbonyl (C=O) groups is 1. The molecular formula is C12H28Cl2N2O4. The third-order valence-electron chi connectivity index (χ3n) is 2.63. The van der Waals surface area contributed by atoms with E-state index >= 15 is 0 Å². The summed E-state index contributed by atoms with van der Waals surface area (Å²) in [5, 5.41) is 0. The molecule has 0 aliphatic rings. The van der Waals surface area contributed by atoms with Crippen LogP contribution in [0.3, 0.4) is 0 Å². The summed E-state index contributed by atoms with van der Waals surface area (Å²) in [6, 6.07) is 0. The topological polar surface area (TPSA) is 70.8 Å². The molecule has 2 N–H and O–H groups in total. The van der Waals surface area contributed by atoms with Gasteiger partial charge in [-0.25, -0.2) is 0 Å². The summed E-state index contributed by atoms with van der Waals surface area (Å²) in [7, 11) is 5.62. The zero-order chi connectivity index (χ0) is 13.9. The maximum Gasteiger partial charge on any atom is 0.307 e. The largest absolute Gasteiger partial charge is 1.00 e. The van der Waals surface area contributed by atoms with E-state index in [1.54, 1.807) is 0 Å². The highest BCUT2D eigenvalue weighted by molar-refractivity contribution is 5.85. The number of hydrogen-bond donors (Lipinski definition) is 1. The van der Waals surface area contributed by atoms with Crippen molar-refractivity contribution in [2.45, 2.75) is 6.42 Å². The third kappa shape index (κ3) is 15.9. The molecule has 0 aromatic heterocycles. The van der Waals surface area contributed by atoms with Crippen molar-refractivity contribution in [3.63, 3.8) is 0 Å². The predicted octanol–water partition coefficient (Wildman–Crippen LogP) is -2.96. The SMILES string of the molecule is COC(=O)CCOCCOCC[N+](C)(C)CCN.Cl.[Cl-]. The minimum Gasteiger partial charge on any atom is -1.00 e. The quantitative estimate of drug-likeness (QED) is 0.248. The lowest BCUT2D eigenvalue weighted by Crippen LogP contribution is -3.00. The number of rotatable bonds is 11. The summed E-state index contributed by atoms with van der Waals surface area (Å²) in [5.41, 5.74) is 5.52. The minimum atomic E-state index is -0.253. The second-order valence-corrected chi connectivity index (χ2v) is 4.72. The van der Waals surface area contributed by atoms with Gasteiger partial charge in [-0.2, -0.15) is 0 Å². The van der Waals surface area contributed by atoms with Crippen LogP contribution in [0.15, 0.2) is 0 Å². The molecule has 6 nitrogen and oxygen atoms in total. The summed E-state index contributed by atoms with van der Waals surface area (Å²) < 4.78 is 16.0. The molecular weight excluding hydrogens is 307 g/mol. The van der Waals surface area contributed by atoms with Gasteiger partial charge in [-0.15, -0.1) is 12.4 Å². The number of quaternary nitrogens is 1. The fourth-order valence-corrected chi connectivity index (χ4v) is 1.35. The average Bonchev–Trinajstić information content (AvgIpc) is 2.32.